The number of benzene rings is 2. The van der Waals surface area contributed by atoms with Gasteiger partial charge < -0.3 is 10.4 Å². The number of carboxylic acids is 1. The number of carboxylic acid groups (broad SMARTS) is 1. The van der Waals surface area contributed by atoms with Gasteiger partial charge in [0.05, 0.1) is 17.3 Å². The monoisotopic (exact) mass is 291 g/mol. The smallest absolute Gasteiger partial charge is 0.337 e. The number of aromatic carboxylic acids is 1. The molecule has 22 heavy (non-hydrogen) atoms. The maximum absolute atomic E-state index is 11.6. The van der Waals surface area contributed by atoms with Crippen molar-refractivity contribution < 1.29 is 9.90 Å². The SMILES string of the molecule is O=C(O)c1cccc2c1N[C@@H](c1ccccc1)[C@H]1CC=C[C@H]21. The lowest BCUT2D eigenvalue weighted by molar-refractivity contribution is 0.0697. The maximum atomic E-state index is 11.6. The van der Waals surface area contributed by atoms with Crippen molar-refractivity contribution in [2.75, 3.05) is 5.32 Å². The quantitative estimate of drug-likeness (QED) is 0.815. The summed E-state index contributed by atoms with van der Waals surface area (Å²) >= 11 is 0. The van der Waals surface area contributed by atoms with Crippen LogP contribution in [0.2, 0.25) is 0 Å². The summed E-state index contributed by atoms with van der Waals surface area (Å²) in [6.07, 6.45) is 5.47. The molecule has 2 aromatic rings. The molecule has 2 N–H and O–H groups in total. The zero-order chi connectivity index (χ0) is 15.1. The number of para-hydroxylation sites is 1. The van der Waals surface area contributed by atoms with Crippen LogP contribution < -0.4 is 5.32 Å². The van der Waals surface area contributed by atoms with Crippen LogP contribution in [0.1, 0.15) is 39.9 Å². The lowest BCUT2D eigenvalue weighted by Gasteiger charge is -2.38. The van der Waals surface area contributed by atoms with Gasteiger partial charge in [-0.2, -0.15) is 0 Å². The van der Waals surface area contributed by atoms with Gasteiger partial charge in [-0.3, -0.25) is 0 Å². The Bertz CT molecular complexity index is 751. The zero-order valence-corrected chi connectivity index (χ0v) is 12.1. The Morgan fingerprint density at radius 3 is 2.68 bits per heavy atom. The first-order valence-corrected chi connectivity index (χ1v) is 7.60. The van der Waals surface area contributed by atoms with E-state index in [-0.39, 0.29) is 6.04 Å². The molecule has 0 spiro atoms. The summed E-state index contributed by atoms with van der Waals surface area (Å²) in [5.41, 5.74) is 3.45. The molecule has 3 nitrogen and oxygen atoms in total. The normalized spacial score (nSPS) is 25.2. The first kappa shape index (κ1) is 13.1. The van der Waals surface area contributed by atoms with Gasteiger partial charge in [0, 0.05) is 5.92 Å². The van der Waals surface area contributed by atoms with Crippen molar-refractivity contribution in [3.63, 3.8) is 0 Å². The summed E-state index contributed by atoms with van der Waals surface area (Å²) < 4.78 is 0. The summed E-state index contributed by atoms with van der Waals surface area (Å²) in [5, 5.41) is 13.0. The van der Waals surface area contributed by atoms with Crippen molar-refractivity contribution in [2.24, 2.45) is 5.92 Å². The Labute approximate surface area is 129 Å². The van der Waals surface area contributed by atoms with E-state index in [9.17, 15) is 9.90 Å². The van der Waals surface area contributed by atoms with Crippen LogP contribution in [0.3, 0.4) is 0 Å². The first-order valence-electron chi connectivity index (χ1n) is 7.60. The summed E-state index contributed by atoms with van der Waals surface area (Å²) in [7, 11) is 0. The molecule has 0 bridgehead atoms. The van der Waals surface area contributed by atoms with Crippen molar-refractivity contribution in [3.8, 4) is 0 Å². The van der Waals surface area contributed by atoms with E-state index in [0.717, 1.165) is 17.7 Å². The van der Waals surface area contributed by atoms with Crippen LogP contribution in [0.25, 0.3) is 0 Å². The highest BCUT2D eigenvalue weighted by Crippen LogP contribution is 2.50. The molecule has 2 aromatic carbocycles. The zero-order valence-electron chi connectivity index (χ0n) is 12.1. The van der Waals surface area contributed by atoms with E-state index >= 15 is 0 Å². The summed E-state index contributed by atoms with van der Waals surface area (Å²) in [6.45, 7) is 0. The lowest BCUT2D eigenvalue weighted by atomic mass is 9.76. The van der Waals surface area contributed by atoms with Crippen molar-refractivity contribution >= 4 is 11.7 Å². The second kappa shape index (κ2) is 5.02. The van der Waals surface area contributed by atoms with E-state index in [1.54, 1.807) is 6.07 Å². The van der Waals surface area contributed by atoms with Crippen LogP contribution in [-0.2, 0) is 0 Å². The van der Waals surface area contributed by atoms with Gasteiger partial charge in [-0.25, -0.2) is 4.79 Å². The third-order valence-corrected chi connectivity index (χ3v) is 4.79. The van der Waals surface area contributed by atoms with Gasteiger partial charge in [0.15, 0.2) is 0 Å². The molecule has 0 amide bonds. The molecule has 0 fully saturated rings. The molecule has 0 saturated carbocycles. The molecule has 0 unspecified atom stereocenters. The number of nitrogens with one attached hydrogen (secondary N) is 1. The molecular weight excluding hydrogens is 274 g/mol. The molecule has 2 aliphatic rings. The molecule has 0 saturated heterocycles. The molecule has 0 aromatic heterocycles. The summed E-state index contributed by atoms with van der Waals surface area (Å²) in [4.78, 5) is 11.6. The minimum Gasteiger partial charge on any atom is -0.478 e. The average Bonchev–Trinajstić information content (AvgIpc) is 3.04. The van der Waals surface area contributed by atoms with Crippen LogP contribution in [0.15, 0.2) is 60.7 Å². The Morgan fingerprint density at radius 1 is 1.09 bits per heavy atom. The minimum absolute atomic E-state index is 0.147. The Balaban J connectivity index is 1.85. The lowest BCUT2D eigenvalue weighted by Crippen LogP contribution is -2.30. The fourth-order valence-electron chi connectivity index (χ4n) is 3.79. The molecule has 0 radical (unpaired) electrons. The van der Waals surface area contributed by atoms with Crippen LogP contribution in [-0.4, -0.2) is 11.1 Å². The van der Waals surface area contributed by atoms with E-state index in [0.29, 0.717) is 17.4 Å². The van der Waals surface area contributed by atoms with Gasteiger partial charge in [-0.15, -0.1) is 0 Å². The van der Waals surface area contributed by atoms with Crippen molar-refractivity contribution in [2.45, 2.75) is 18.4 Å². The molecule has 3 heteroatoms. The van der Waals surface area contributed by atoms with Crippen molar-refractivity contribution in [3.05, 3.63) is 77.4 Å². The molecular formula is C19H17NO2. The highest BCUT2D eigenvalue weighted by Gasteiger charge is 2.39. The van der Waals surface area contributed by atoms with Gasteiger partial charge in [-0.1, -0.05) is 54.6 Å². The fourth-order valence-corrected chi connectivity index (χ4v) is 3.79. The maximum Gasteiger partial charge on any atom is 0.337 e. The number of hydrogen-bond acceptors (Lipinski definition) is 2. The second-order valence-electron chi connectivity index (χ2n) is 5.96. The van der Waals surface area contributed by atoms with E-state index in [1.807, 2.05) is 30.3 Å². The van der Waals surface area contributed by atoms with E-state index in [1.165, 1.54) is 5.56 Å². The molecule has 1 aliphatic carbocycles. The molecule has 1 aliphatic heterocycles. The van der Waals surface area contributed by atoms with Gasteiger partial charge >= 0.3 is 5.97 Å². The number of fused-ring (bicyclic) bond motifs is 3. The number of carbonyl (C=O) groups is 1. The van der Waals surface area contributed by atoms with Crippen LogP contribution in [0.4, 0.5) is 5.69 Å². The number of hydrogen-bond donors (Lipinski definition) is 2. The van der Waals surface area contributed by atoms with Crippen LogP contribution >= 0.6 is 0 Å². The van der Waals surface area contributed by atoms with Gasteiger partial charge in [-0.05, 0) is 29.5 Å². The number of anilines is 1. The predicted octanol–water partition coefficient (Wildman–Crippen LogP) is 4.21. The second-order valence-corrected chi connectivity index (χ2v) is 5.96. The summed E-state index contributed by atoms with van der Waals surface area (Å²) in [6, 6.07) is 16.0. The molecule has 3 atom stereocenters. The van der Waals surface area contributed by atoms with Crippen molar-refractivity contribution in [1.29, 1.82) is 0 Å². The van der Waals surface area contributed by atoms with Gasteiger partial charge in [0.1, 0.15) is 0 Å². The fraction of sp³-hybridized carbons (Fsp3) is 0.211. The van der Waals surface area contributed by atoms with Crippen LogP contribution in [0.5, 0.6) is 0 Å². The minimum atomic E-state index is -0.878. The largest absolute Gasteiger partial charge is 0.478 e. The Hall–Kier alpha value is -2.55. The number of allylic oxidation sites excluding steroid dienone is 2. The standard InChI is InChI=1S/C19H17NO2/c21-19(22)16-11-5-10-15-13-8-4-9-14(13)17(20-18(15)16)12-6-2-1-3-7-12/h1-8,10-11,13-14,17,20H,9H2,(H,21,22)/t13-,14-,17-/m0/s1. The number of rotatable bonds is 2. The molecule has 4 rings (SSSR count). The van der Waals surface area contributed by atoms with E-state index < -0.39 is 5.97 Å². The Kier molecular flexibility index (Phi) is 3.00. The van der Waals surface area contributed by atoms with Crippen molar-refractivity contribution in [1.82, 2.24) is 0 Å². The topological polar surface area (TPSA) is 49.3 Å². The first-order chi connectivity index (χ1) is 10.8. The average molecular weight is 291 g/mol. The van der Waals surface area contributed by atoms with Gasteiger partial charge in [0.25, 0.3) is 0 Å². The molecule has 1 heterocycles. The van der Waals surface area contributed by atoms with Crippen LogP contribution in [0, 0.1) is 5.92 Å². The van der Waals surface area contributed by atoms with E-state index in [2.05, 4.69) is 29.6 Å². The van der Waals surface area contributed by atoms with E-state index in [4.69, 9.17) is 0 Å². The molecule has 110 valence electrons. The highest BCUT2D eigenvalue weighted by atomic mass is 16.4. The highest BCUT2D eigenvalue weighted by molar-refractivity contribution is 5.95. The third kappa shape index (κ3) is 1.93. The Morgan fingerprint density at radius 2 is 1.91 bits per heavy atom. The third-order valence-electron chi connectivity index (χ3n) is 4.79. The summed E-state index contributed by atoms with van der Waals surface area (Å²) in [5.74, 6) is -0.142. The van der Waals surface area contributed by atoms with Gasteiger partial charge in [0.2, 0.25) is 0 Å². The predicted molar refractivity (Wildman–Crippen MR) is 86.2 cm³/mol.